The number of aromatic nitrogens is 2. The lowest BCUT2D eigenvalue weighted by atomic mass is 10.3. The van der Waals surface area contributed by atoms with E-state index in [1.54, 1.807) is 18.0 Å². The molecule has 0 atom stereocenters. The van der Waals surface area contributed by atoms with Crippen LogP contribution in [0, 0.1) is 0 Å². The molecule has 5 heteroatoms. The minimum atomic E-state index is 0.648. The lowest BCUT2D eigenvalue weighted by Crippen LogP contribution is -2.14. The monoisotopic (exact) mass is 293 g/mol. The summed E-state index contributed by atoms with van der Waals surface area (Å²) in [5, 5.41) is 5.93. The predicted octanol–water partition coefficient (Wildman–Crippen LogP) is 3.78. The highest BCUT2D eigenvalue weighted by Crippen LogP contribution is 2.27. The van der Waals surface area contributed by atoms with E-state index < -0.39 is 0 Å². The van der Waals surface area contributed by atoms with E-state index in [9.17, 15) is 0 Å². The van der Waals surface area contributed by atoms with Crippen molar-refractivity contribution in [1.82, 2.24) is 15.3 Å². The van der Waals surface area contributed by atoms with Crippen molar-refractivity contribution < 1.29 is 0 Å². The highest BCUT2D eigenvalue weighted by atomic mass is 35.5. The van der Waals surface area contributed by atoms with Gasteiger partial charge in [-0.05, 0) is 48.5 Å². The van der Waals surface area contributed by atoms with Crippen LogP contribution in [0.25, 0.3) is 0 Å². The Kier molecular flexibility index (Phi) is 5.63. The van der Waals surface area contributed by atoms with E-state index >= 15 is 0 Å². The normalized spacial score (nSPS) is 10.6. The molecule has 0 aliphatic heterocycles. The van der Waals surface area contributed by atoms with Crippen LogP contribution in [0.15, 0.2) is 46.7 Å². The molecule has 2 aromatic heterocycles. The van der Waals surface area contributed by atoms with Gasteiger partial charge in [0.2, 0.25) is 0 Å². The number of halogens is 1. The molecule has 0 aromatic carbocycles. The summed E-state index contributed by atoms with van der Waals surface area (Å²) in [5.41, 5.74) is 1.19. The molecule has 2 aromatic rings. The number of nitrogens with one attached hydrogen (secondary N) is 1. The molecule has 0 spiro atoms. The van der Waals surface area contributed by atoms with Crippen LogP contribution in [0.1, 0.15) is 18.9 Å². The standard InChI is InChI=1S/C14H16ClN3S/c1-2-7-16-9-11-4-3-8-17-14(11)19-13-6-5-12(15)10-18-13/h3-6,8,10,16H,2,7,9H2,1H3. The van der Waals surface area contributed by atoms with Gasteiger partial charge in [-0.2, -0.15) is 0 Å². The quantitative estimate of drug-likeness (QED) is 0.823. The summed E-state index contributed by atoms with van der Waals surface area (Å²) < 4.78 is 0. The van der Waals surface area contributed by atoms with Crippen molar-refractivity contribution in [3.05, 3.63) is 47.2 Å². The number of hydrogen-bond donors (Lipinski definition) is 1. The Morgan fingerprint density at radius 3 is 2.89 bits per heavy atom. The van der Waals surface area contributed by atoms with Crippen molar-refractivity contribution in [2.75, 3.05) is 6.54 Å². The van der Waals surface area contributed by atoms with Crippen LogP contribution in [0.2, 0.25) is 5.02 Å². The Bertz CT molecular complexity index is 516. The maximum Gasteiger partial charge on any atom is 0.107 e. The van der Waals surface area contributed by atoms with E-state index in [4.69, 9.17) is 11.6 Å². The summed E-state index contributed by atoms with van der Waals surface area (Å²) in [6.07, 6.45) is 4.59. The predicted molar refractivity (Wildman–Crippen MR) is 79.6 cm³/mol. The first-order valence-corrected chi connectivity index (χ1v) is 7.43. The van der Waals surface area contributed by atoms with Crippen molar-refractivity contribution in [1.29, 1.82) is 0 Å². The third-order valence-electron chi connectivity index (χ3n) is 2.49. The van der Waals surface area contributed by atoms with Crippen LogP contribution >= 0.6 is 23.4 Å². The molecule has 2 heterocycles. The maximum atomic E-state index is 5.83. The Balaban J connectivity index is 2.08. The average Bonchev–Trinajstić information content (AvgIpc) is 2.43. The molecule has 100 valence electrons. The van der Waals surface area contributed by atoms with E-state index in [2.05, 4.69) is 28.3 Å². The van der Waals surface area contributed by atoms with Crippen LogP contribution < -0.4 is 5.32 Å². The first kappa shape index (κ1) is 14.3. The lowest BCUT2D eigenvalue weighted by Gasteiger charge is -2.08. The van der Waals surface area contributed by atoms with E-state index in [-0.39, 0.29) is 0 Å². The molecular formula is C14H16ClN3S. The fourth-order valence-electron chi connectivity index (χ4n) is 1.57. The number of hydrogen-bond acceptors (Lipinski definition) is 4. The molecule has 0 fully saturated rings. The third-order valence-corrected chi connectivity index (χ3v) is 3.73. The number of pyridine rings is 2. The molecule has 19 heavy (non-hydrogen) atoms. The van der Waals surface area contributed by atoms with Gasteiger partial charge < -0.3 is 5.32 Å². The molecule has 1 N–H and O–H groups in total. The van der Waals surface area contributed by atoms with Crippen molar-refractivity contribution in [2.45, 2.75) is 29.9 Å². The van der Waals surface area contributed by atoms with Crippen LogP contribution in [-0.4, -0.2) is 16.5 Å². The Labute approximate surface area is 122 Å². The summed E-state index contributed by atoms with van der Waals surface area (Å²) >= 11 is 7.39. The molecule has 0 unspecified atom stereocenters. The van der Waals surface area contributed by atoms with Gasteiger partial charge in [-0.15, -0.1) is 0 Å². The van der Waals surface area contributed by atoms with Gasteiger partial charge in [-0.1, -0.05) is 24.6 Å². The molecule has 0 bridgehead atoms. The van der Waals surface area contributed by atoms with Gasteiger partial charge in [0.05, 0.1) is 5.02 Å². The fraction of sp³-hybridized carbons (Fsp3) is 0.286. The topological polar surface area (TPSA) is 37.8 Å². The molecule has 0 aliphatic carbocycles. The second-order valence-corrected chi connectivity index (χ2v) is 5.51. The first-order valence-electron chi connectivity index (χ1n) is 6.23. The smallest absolute Gasteiger partial charge is 0.107 e. The van der Waals surface area contributed by atoms with Crippen molar-refractivity contribution in [2.24, 2.45) is 0 Å². The largest absolute Gasteiger partial charge is 0.313 e. The molecular weight excluding hydrogens is 278 g/mol. The second-order valence-electron chi connectivity index (χ2n) is 4.06. The van der Waals surface area contributed by atoms with Crippen LogP contribution in [0.4, 0.5) is 0 Å². The lowest BCUT2D eigenvalue weighted by molar-refractivity contribution is 0.665. The SMILES string of the molecule is CCCNCc1cccnc1Sc1ccc(Cl)cn1. The summed E-state index contributed by atoms with van der Waals surface area (Å²) in [6, 6.07) is 7.80. The molecule has 3 nitrogen and oxygen atoms in total. The van der Waals surface area contributed by atoms with Gasteiger partial charge in [0, 0.05) is 18.9 Å². The van der Waals surface area contributed by atoms with Crippen LogP contribution in [-0.2, 0) is 6.54 Å². The third kappa shape index (κ3) is 4.49. The van der Waals surface area contributed by atoms with Crippen molar-refractivity contribution >= 4 is 23.4 Å². The minimum Gasteiger partial charge on any atom is -0.313 e. The van der Waals surface area contributed by atoms with E-state index in [0.717, 1.165) is 29.6 Å². The van der Waals surface area contributed by atoms with Gasteiger partial charge in [-0.25, -0.2) is 9.97 Å². The molecule has 0 saturated carbocycles. The maximum absolute atomic E-state index is 5.83. The fourth-order valence-corrected chi connectivity index (χ4v) is 2.51. The van der Waals surface area contributed by atoms with Gasteiger partial charge >= 0.3 is 0 Å². The van der Waals surface area contributed by atoms with Gasteiger partial charge in [0.25, 0.3) is 0 Å². The van der Waals surface area contributed by atoms with Crippen molar-refractivity contribution in [3.63, 3.8) is 0 Å². The zero-order valence-electron chi connectivity index (χ0n) is 10.8. The Hall–Kier alpha value is -1.10. The molecule has 0 saturated heterocycles. The number of nitrogens with zero attached hydrogens (tertiary/aromatic N) is 2. The Morgan fingerprint density at radius 2 is 2.16 bits per heavy atom. The molecule has 2 rings (SSSR count). The van der Waals surface area contributed by atoms with Crippen molar-refractivity contribution in [3.8, 4) is 0 Å². The molecule has 0 aliphatic rings. The van der Waals surface area contributed by atoms with Gasteiger partial charge in [0.15, 0.2) is 0 Å². The van der Waals surface area contributed by atoms with Gasteiger partial charge in [0.1, 0.15) is 10.1 Å². The summed E-state index contributed by atoms with van der Waals surface area (Å²) in [7, 11) is 0. The molecule has 0 amide bonds. The van der Waals surface area contributed by atoms with E-state index in [1.807, 2.05) is 24.4 Å². The zero-order chi connectivity index (χ0) is 13.5. The zero-order valence-corrected chi connectivity index (χ0v) is 12.3. The highest BCUT2D eigenvalue weighted by molar-refractivity contribution is 7.99. The number of rotatable bonds is 6. The van der Waals surface area contributed by atoms with Crippen LogP contribution in [0.5, 0.6) is 0 Å². The molecule has 0 radical (unpaired) electrons. The highest BCUT2D eigenvalue weighted by Gasteiger charge is 2.06. The minimum absolute atomic E-state index is 0.648. The first-order chi connectivity index (χ1) is 9.29. The second kappa shape index (κ2) is 7.48. The average molecular weight is 294 g/mol. The summed E-state index contributed by atoms with van der Waals surface area (Å²) in [6.45, 7) is 4.00. The van der Waals surface area contributed by atoms with E-state index in [0.29, 0.717) is 5.02 Å². The van der Waals surface area contributed by atoms with Crippen LogP contribution in [0.3, 0.4) is 0 Å². The van der Waals surface area contributed by atoms with E-state index in [1.165, 1.54) is 5.56 Å². The summed E-state index contributed by atoms with van der Waals surface area (Å²) in [4.78, 5) is 8.71. The Morgan fingerprint density at radius 1 is 1.26 bits per heavy atom. The van der Waals surface area contributed by atoms with Gasteiger partial charge in [-0.3, -0.25) is 0 Å². The summed E-state index contributed by atoms with van der Waals surface area (Å²) in [5.74, 6) is 0.